The first kappa shape index (κ1) is 20.0. The van der Waals surface area contributed by atoms with Crippen molar-refractivity contribution in [3.8, 4) is 16.9 Å². The Morgan fingerprint density at radius 2 is 1.52 bits per heavy atom. The number of benzene rings is 3. The van der Waals surface area contributed by atoms with Crippen LogP contribution >= 0.6 is 0 Å². The predicted octanol–water partition coefficient (Wildman–Crippen LogP) is 3.41. The van der Waals surface area contributed by atoms with Crippen LogP contribution in [-0.2, 0) is 9.53 Å². The zero-order chi connectivity index (χ0) is 22.0. The average Bonchev–Trinajstić information content (AvgIpc) is 3.13. The minimum absolute atomic E-state index is 0.178. The van der Waals surface area contributed by atoms with Gasteiger partial charge in [0.1, 0.15) is 5.75 Å². The summed E-state index contributed by atoms with van der Waals surface area (Å²) < 4.78 is 5.28. The number of nitrogens with one attached hydrogen (secondary N) is 3. The first-order valence-corrected chi connectivity index (χ1v) is 9.52. The lowest BCUT2D eigenvalue weighted by atomic mass is 10.0. The molecule has 1 atom stereocenters. The Hall–Kier alpha value is -4.33. The predicted molar refractivity (Wildman–Crippen MR) is 116 cm³/mol. The highest BCUT2D eigenvalue weighted by atomic mass is 16.5. The Balaban J connectivity index is 1.39. The molecule has 4 rings (SSSR count). The number of carbonyl (C=O) groups is 2. The first-order chi connectivity index (χ1) is 14.9. The van der Waals surface area contributed by atoms with E-state index in [-0.39, 0.29) is 11.4 Å². The van der Waals surface area contributed by atoms with E-state index in [2.05, 4.69) is 15.3 Å². The quantitative estimate of drug-likeness (QED) is 0.371. The van der Waals surface area contributed by atoms with Gasteiger partial charge in [0, 0.05) is 5.69 Å². The number of aromatic hydroxyl groups is 1. The maximum Gasteiger partial charge on any atom is 0.338 e. The lowest BCUT2D eigenvalue weighted by Crippen LogP contribution is -2.30. The highest BCUT2D eigenvalue weighted by Crippen LogP contribution is 2.22. The Morgan fingerprint density at radius 3 is 2.19 bits per heavy atom. The monoisotopic (exact) mass is 417 g/mol. The summed E-state index contributed by atoms with van der Waals surface area (Å²) >= 11 is 0. The van der Waals surface area contributed by atoms with Gasteiger partial charge in [0.2, 0.25) is 0 Å². The molecule has 0 saturated carbocycles. The normalized spacial score (nSPS) is 11.8. The summed E-state index contributed by atoms with van der Waals surface area (Å²) in [5.74, 6) is -0.936. The molecule has 0 aliphatic heterocycles. The number of hydrogen-bond acceptors (Lipinski definition) is 5. The van der Waals surface area contributed by atoms with Gasteiger partial charge >= 0.3 is 11.7 Å². The van der Waals surface area contributed by atoms with E-state index >= 15 is 0 Å². The van der Waals surface area contributed by atoms with Crippen LogP contribution in [0, 0.1) is 0 Å². The van der Waals surface area contributed by atoms with E-state index in [1.54, 1.807) is 66.7 Å². The van der Waals surface area contributed by atoms with Crippen LogP contribution in [-0.4, -0.2) is 33.1 Å². The number of rotatable bonds is 5. The Labute approximate surface area is 176 Å². The van der Waals surface area contributed by atoms with Crippen LogP contribution in [0.15, 0.2) is 71.5 Å². The molecule has 4 N–H and O–H groups in total. The molecule has 8 heteroatoms. The van der Waals surface area contributed by atoms with E-state index in [4.69, 9.17) is 4.74 Å². The van der Waals surface area contributed by atoms with E-state index in [9.17, 15) is 19.5 Å². The molecule has 0 radical (unpaired) electrons. The van der Waals surface area contributed by atoms with Crippen molar-refractivity contribution in [1.82, 2.24) is 9.97 Å². The minimum atomic E-state index is -1.02. The number of aromatic amines is 2. The van der Waals surface area contributed by atoms with Crippen LogP contribution in [0.25, 0.3) is 22.2 Å². The van der Waals surface area contributed by atoms with E-state index in [1.165, 1.54) is 6.92 Å². The molecule has 1 heterocycles. The number of ether oxygens (including phenoxy) is 1. The molecule has 8 nitrogen and oxygen atoms in total. The second kappa shape index (κ2) is 8.19. The van der Waals surface area contributed by atoms with Crippen LogP contribution < -0.4 is 11.0 Å². The maximum absolute atomic E-state index is 12.4. The van der Waals surface area contributed by atoms with E-state index in [0.29, 0.717) is 22.3 Å². The van der Waals surface area contributed by atoms with Crippen molar-refractivity contribution in [2.75, 3.05) is 5.32 Å². The van der Waals surface area contributed by atoms with Gasteiger partial charge in [0.25, 0.3) is 5.91 Å². The molecule has 3 aromatic carbocycles. The van der Waals surface area contributed by atoms with Gasteiger partial charge in [-0.3, -0.25) is 4.79 Å². The Kier molecular flexibility index (Phi) is 5.28. The van der Waals surface area contributed by atoms with Crippen LogP contribution in [0.3, 0.4) is 0 Å². The Bertz CT molecular complexity index is 1300. The smallest absolute Gasteiger partial charge is 0.338 e. The fourth-order valence-corrected chi connectivity index (χ4v) is 3.09. The number of phenols is 1. The molecule has 0 unspecified atom stereocenters. The third kappa shape index (κ3) is 4.48. The number of amides is 1. The molecular formula is C23H19N3O5. The first-order valence-electron chi connectivity index (χ1n) is 9.52. The highest BCUT2D eigenvalue weighted by Gasteiger charge is 2.19. The van der Waals surface area contributed by atoms with Gasteiger partial charge in [-0.2, -0.15) is 0 Å². The van der Waals surface area contributed by atoms with Crippen LogP contribution in [0.1, 0.15) is 17.3 Å². The summed E-state index contributed by atoms with van der Waals surface area (Å²) in [6, 6.07) is 18.4. The largest absolute Gasteiger partial charge is 0.508 e. The van der Waals surface area contributed by atoms with Crippen molar-refractivity contribution in [2.24, 2.45) is 0 Å². The topological polar surface area (TPSA) is 124 Å². The van der Waals surface area contributed by atoms with Gasteiger partial charge < -0.3 is 25.1 Å². The van der Waals surface area contributed by atoms with Gasteiger partial charge in [-0.15, -0.1) is 0 Å². The van der Waals surface area contributed by atoms with Crippen LogP contribution in [0.4, 0.5) is 5.69 Å². The SMILES string of the molecule is C[C@H](OC(=O)c1ccc(-c2ccc(O)cc2)cc1)C(=O)Nc1ccc2[nH]c(=O)[nH]c2c1. The van der Waals surface area contributed by atoms with Gasteiger partial charge in [-0.05, 0) is 60.5 Å². The van der Waals surface area contributed by atoms with E-state index < -0.39 is 18.0 Å². The molecule has 0 aliphatic rings. The molecule has 1 amide bonds. The zero-order valence-corrected chi connectivity index (χ0v) is 16.5. The summed E-state index contributed by atoms with van der Waals surface area (Å²) in [5, 5.41) is 12.0. The lowest BCUT2D eigenvalue weighted by Gasteiger charge is -2.14. The number of phenolic OH excluding ortho intramolecular Hbond substituents is 1. The number of imidazole rings is 1. The number of hydrogen-bond donors (Lipinski definition) is 4. The third-order valence-electron chi connectivity index (χ3n) is 4.76. The molecule has 31 heavy (non-hydrogen) atoms. The molecule has 0 fully saturated rings. The summed E-state index contributed by atoms with van der Waals surface area (Å²) in [6.07, 6.45) is -1.02. The van der Waals surface area contributed by atoms with Crippen molar-refractivity contribution in [3.05, 3.63) is 82.8 Å². The van der Waals surface area contributed by atoms with E-state index in [0.717, 1.165) is 11.1 Å². The van der Waals surface area contributed by atoms with Crippen molar-refractivity contribution in [2.45, 2.75) is 13.0 Å². The number of carbonyl (C=O) groups excluding carboxylic acids is 2. The fourth-order valence-electron chi connectivity index (χ4n) is 3.09. The molecule has 0 aliphatic carbocycles. The minimum Gasteiger partial charge on any atom is -0.508 e. The van der Waals surface area contributed by atoms with Crippen molar-refractivity contribution >= 4 is 28.6 Å². The highest BCUT2D eigenvalue weighted by molar-refractivity contribution is 5.98. The standard InChI is InChI=1S/C23H19N3O5/c1-13(21(28)24-17-8-11-19-20(12-17)26-23(30)25-19)31-22(29)16-4-2-14(3-5-16)15-6-9-18(27)10-7-15/h2-13,27H,1H3,(H,24,28)(H2,25,26,30)/t13-/m0/s1. The number of anilines is 1. The van der Waals surface area contributed by atoms with Crippen LogP contribution in [0.5, 0.6) is 5.75 Å². The van der Waals surface area contributed by atoms with Gasteiger partial charge in [0.05, 0.1) is 16.6 Å². The number of aromatic nitrogens is 2. The van der Waals surface area contributed by atoms with Crippen molar-refractivity contribution in [1.29, 1.82) is 0 Å². The summed E-state index contributed by atoms with van der Waals surface area (Å²) in [4.78, 5) is 41.4. The average molecular weight is 417 g/mol. The second-order valence-corrected chi connectivity index (χ2v) is 7.00. The van der Waals surface area contributed by atoms with Gasteiger partial charge in [0.15, 0.2) is 6.10 Å². The molecule has 0 saturated heterocycles. The zero-order valence-electron chi connectivity index (χ0n) is 16.5. The molecule has 156 valence electrons. The molecule has 0 bridgehead atoms. The maximum atomic E-state index is 12.4. The van der Waals surface area contributed by atoms with E-state index in [1.807, 2.05) is 0 Å². The molecule has 4 aromatic rings. The fraction of sp³-hybridized carbons (Fsp3) is 0.0870. The van der Waals surface area contributed by atoms with Gasteiger partial charge in [-0.25, -0.2) is 9.59 Å². The molecule has 0 spiro atoms. The summed E-state index contributed by atoms with van der Waals surface area (Å²) in [6.45, 7) is 1.48. The van der Waals surface area contributed by atoms with Crippen molar-refractivity contribution < 1.29 is 19.4 Å². The van der Waals surface area contributed by atoms with Gasteiger partial charge in [-0.1, -0.05) is 24.3 Å². The van der Waals surface area contributed by atoms with Crippen LogP contribution in [0.2, 0.25) is 0 Å². The lowest BCUT2D eigenvalue weighted by molar-refractivity contribution is -0.123. The second-order valence-electron chi connectivity index (χ2n) is 7.00. The number of fused-ring (bicyclic) bond motifs is 1. The molecule has 1 aromatic heterocycles. The van der Waals surface area contributed by atoms with Crippen molar-refractivity contribution in [3.63, 3.8) is 0 Å². The number of esters is 1. The summed E-state index contributed by atoms with van der Waals surface area (Å²) in [5.41, 5.74) is 3.39. The third-order valence-corrected chi connectivity index (χ3v) is 4.76. The number of H-pyrrole nitrogens is 2. The molecular weight excluding hydrogens is 398 g/mol. The summed E-state index contributed by atoms with van der Waals surface area (Å²) in [7, 11) is 0. The Morgan fingerprint density at radius 1 is 0.903 bits per heavy atom.